The lowest BCUT2D eigenvalue weighted by atomic mass is 9.98. The van der Waals surface area contributed by atoms with Crippen LogP contribution in [-0.2, 0) is 9.53 Å². The van der Waals surface area contributed by atoms with Crippen LogP contribution in [0.25, 0.3) is 0 Å². The van der Waals surface area contributed by atoms with Gasteiger partial charge in [0, 0.05) is 32.2 Å². The van der Waals surface area contributed by atoms with Crippen molar-refractivity contribution in [2.45, 2.75) is 63.8 Å². The highest BCUT2D eigenvalue weighted by atomic mass is 16.5. The van der Waals surface area contributed by atoms with E-state index in [4.69, 9.17) is 4.74 Å². The number of likely N-dealkylation sites (tertiary alicyclic amines) is 2. The van der Waals surface area contributed by atoms with Gasteiger partial charge in [0.05, 0.1) is 6.10 Å². The molecule has 2 saturated heterocycles. The Hall–Kier alpha value is -1.30. The first-order valence-corrected chi connectivity index (χ1v) is 7.30. The van der Waals surface area contributed by atoms with E-state index < -0.39 is 12.0 Å². The number of amides is 2. The van der Waals surface area contributed by atoms with Gasteiger partial charge in [-0.2, -0.15) is 0 Å². The molecular formula is C14H24N2O4. The van der Waals surface area contributed by atoms with E-state index in [1.807, 2.05) is 18.7 Å². The number of ether oxygens (including phenoxy) is 1. The lowest BCUT2D eigenvalue weighted by Gasteiger charge is -2.41. The zero-order valence-electron chi connectivity index (χ0n) is 12.4. The minimum absolute atomic E-state index is 0.156. The van der Waals surface area contributed by atoms with Gasteiger partial charge in [-0.05, 0) is 33.1 Å². The molecule has 2 heterocycles. The van der Waals surface area contributed by atoms with Crippen molar-refractivity contribution in [1.82, 2.24) is 9.80 Å². The van der Waals surface area contributed by atoms with Crippen molar-refractivity contribution < 1.29 is 19.4 Å². The topological polar surface area (TPSA) is 70.1 Å². The maximum atomic E-state index is 12.7. The molecule has 114 valence electrons. The monoisotopic (exact) mass is 284 g/mol. The molecule has 0 aromatic carbocycles. The first kappa shape index (κ1) is 15.1. The van der Waals surface area contributed by atoms with Crippen LogP contribution in [-0.4, -0.2) is 64.8 Å². The summed E-state index contributed by atoms with van der Waals surface area (Å²) in [6, 6.07) is -0.588. The molecule has 0 aliphatic carbocycles. The average Bonchev–Trinajstić information content (AvgIpc) is 2.82. The van der Waals surface area contributed by atoms with E-state index in [1.54, 1.807) is 7.11 Å². The van der Waals surface area contributed by atoms with Crippen LogP contribution in [0.3, 0.4) is 0 Å². The van der Waals surface area contributed by atoms with Gasteiger partial charge in [-0.25, -0.2) is 9.59 Å². The van der Waals surface area contributed by atoms with Gasteiger partial charge < -0.3 is 19.6 Å². The minimum Gasteiger partial charge on any atom is -0.480 e. The van der Waals surface area contributed by atoms with E-state index >= 15 is 0 Å². The van der Waals surface area contributed by atoms with E-state index in [1.165, 1.54) is 4.90 Å². The smallest absolute Gasteiger partial charge is 0.326 e. The Morgan fingerprint density at radius 3 is 2.30 bits per heavy atom. The maximum absolute atomic E-state index is 12.7. The van der Waals surface area contributed by atoms with Gasteiger partial charge >= 0.3 is 12.0 Å². The van der Waals surface area contributed by atoms with Crippen LogP contribution in [0.15, 0.2) is 0 Å². The molecule has 4 unspecified atom stereocenters. The highest BCUT2D eigenvalue weighted by Gasteiger charge is 2.43. The van der Waals surface area contributed by atoms with Crippen molar-refractivity contribution in [2.24, 2.45) is 0 Å². The van der Waals surface area contributed by atoms with Gasteiger partial charge in [0.2, 0.25) is 0 Å². The van der Waals surface area contributed by atoms with Gasteiger partial charge in [0.1, 0.15) is 6.04 Å². The lowest BCUT2D eigenvalue weighted by Crippen LogP contribution is -2.55. The summed E-state index contributed by atoms with van der Waals surface area (Å²) in [5.74, 6) is -0.949. The number of rotatable bonds is 2. The van der Waals surface area contributed by atoms with Crippen molar-refractivity contribution in [3.05, 3.63) is 0 Å². The third-order valence-corrected chi connectivity index (χ3v) is 4.54. The molecule has 0 radical (unpaired) electrons. The van der Waals surface area contributed by atoms with Crippen LogP contribution in [0.2, 0.25) is 0 Å². The quantitative estimate of drug-likeness (QED) is 0.835. The predicted molar refractivity (Wildman–Crippen MR) is 73.6 cm³/mol. The predicted octanol–water partition coefficient (Wildman–Crippen LogP) is 1.54. The molecule has 4 atom stereocenters. The molecule has 2 aliphatic rings. The molecule has 2 amide bonds. The summed E-state index contributed by atoms with van der Waals surface area (Å²) in [5.41, 5.74) is 0. The van der Waals surface area contributed by atoms with Gasteiger partial charge in [-0.1, -0.05) is 0 Å². The number of piperidine rings is 1. The molecule has 0 aromatic rings. The zero-order valence-corrected chi connectivity index (χ0v) is 12.4. The van der Waals surface area contributed by atoms with Crippen molar-refractivity contribution in [3.8, 4) is 0 Å². The molecule has 1 N–H and O–H groups in total. The van der Waals surface area contributed by atoms with Gasteiger partial charge in [-0.15, -0.1) is 0 Å². The fourth-order valence-electron chi connectivity index (χ4n) is 3.36. The number of aliphatic carboxylic acids is 1. The van der Waals surface area contributed by atoms with E-state index in [9.17, 15) is 14.7 Å². The molecule has 0 spiro atoms. The Labute approximate surface area is 119 Å². The highest BCUT2D eigenvalue weighted by molar-refractivity contribution is 5.84. The maximum Gasteiger partial charge on any atom is 0.326 e. The minimum atomic E-state index is -0.949. The summed E-state index contributed by atoms with van der Waals surface area (Å²) in [4.78, 5) is 27.4. The Morgan fingerprint density at radius 2 is 1.80 bits per heavy atom. The van der Waals surface area contributed by atoms with Crippen molar-refractivity contribution in [3.63, 3.8) is 0 Å². The first-order valence-electron chi connectivity index (χ1n) is 7.30. The summed E-state index contributed by atoms with van der Waals surface area (Å²) in [6.07, 6.45) is 3.27. The van der Waals surface area contributed by atoms with Crippen LogP contribution in [0.4, 0.5) is 4.79 Å². The number of carboxylic acid groups (broad SMARTS) is 1. The number of carboxylic acids is 1. The second kappa shape index (κ2) is 5.99. The average molecular weight is 284 g/mol. The second-order valence-corrected chi connectivity index (χ2v) is 5.92. The van der Waals surface area contributed by atoms with Crippen LogP contribution in [0.1, 0.15) is 39.5 Å². The number of carbonyl (C=O) groups is 2. The normalized spacial score (nSPS) is 34.4. The van der Waals surface area contributed by atoms with E-state index in [2.05, 4.69) is 0 Å². The van der Waals surface area contributed by atoms with Crippen LogP contribution >= 0.6 is 0 Å². The number of methoxy groups -OCH3 is 1. The Balaban J connectivity index is 2.15. The third kappa shape index (κ3) is 2.75. The third-order valence-electron chi connectivity index (χ3n) is 4.54. The fourth-order valence-corrected chi connectivity index (χ4v) is 3.36. The number of hydrogen-bond acceptors (Lipinski definition) is 3. The zero-order chi connectivity index (χ0) is 14.9. The molecular weight excluding hydrogens is 260 g/mol. The number of carbonyl (C=O) groups excluding carboxylic acids is 1. The standard InChI is InChI=1S/C14H24N2O4/c1-9-5-4-6-10(2)16(9)14(19)15-8-11(20-3)7-12(15)13(17)18/h9-12H,4-8H2,1-3H3,(H,17,18). The SMILES string of the molecule is COC1CC(C(=O)O)N(C(=O)N2C(C)CCCC2C)C1. The molecule has 6 heteroatoms. The number of nitrogens with zero attached hydrogens (tertiary/aromatic N) is 2. The summed E-state index contributed by atoms with van der Waals surface area (Å²) in [5, 5.41) is 9.31. The lowest BCUT2D eigenvalue weighted by molar-refractivity contribution is -0.141. The van der Waals surface area contributed by atoms with Crippen LogP contribution < -0.4 is 0 Å². The van der Waals surface area contributed by atoms with E-state index in [-0.39, 0.29) is 24.2 Å². The second-order valence-electron chi connectivity index (χ2n) is 5.92. The molecule has 2 fully saturated rings. The molecule has 2 aliphatic heterocycles. The molecule has 20 heavy (non-hydrogen) atoms. The summed E-state index contributed by atoms with van der Waals surface area (Å²) in [7, 11) is 1.56. The van der Waals surface area contributed by atoms with Crippen LogP contribution in [0, 0.1) is 0 Å². The van der Waals surface area contributed by atoms with Crippen molar-refractivity contribution in [2.75, 3.05) is 13.7 Å². The molecule has 6 nitrogen and oxygen atoms in total. The number of hydrogen-bond donors (Lipinski definition) is 1. The largest absolute Gasteiger partial charge is 0.480 e. The Kier molecular flexibility index (Phi) is 4.52. The summed E-state index contributed by atoms with van der Waals surface area (Å²) in [6.45, 7) is 4.43. The van der Waals surface area contributed by atoms with Gasteiger partial charge in [0.15, 0.2) is 0 Å². The molecule has 0 aromatic heterocycles. The molecule has 0 bridgehead atoms. The summed E-state index contributed by atoms with van der Waals surface area (Å²) >= 11 is 0. The van der Waals surface area contributed by atoms with Gasteiger partial charge in [0.25, 0.3) is 0 Å². The van der Waals surface area contributed by atoms with E-state index in [0.29, 0.717) is 13.0 Å². The molecule has 0 saturated carbocycles. The van der Waals surface area contributed by atoms with Crippen LogP contribution in [0.5, 0.6) is 0 Å². The van der Waals surface area contributed by atoms with E-state index in [0.717, 1.165) is 19.3 Å². The number of urea groups is 1. The Morgan fingerprint density at radius 1 is 1.20 bits per heavy atom. The van der Waals surface area contributed by atoms with Crippen molar-refractivity contribution >= 4 is 12.0 Å². The first-order chi connectivity index (χ1) is 9.45. The fraction of sp³-hybridized carbons (Fsp3) is 0.857. The highest BCUT2D eigenvalue weighted by Crippen LogP contribution is 2.28. The summed E-state index contributed by atoms with van der Waals surface area (Å²) < 4.78 is 5.24. The van der Waals surface area contributed by atoms with Gasteiger partial charge in [-0.3, -0.25) is 0 Å². The van der Waals surface area contributed by atoms with Crippen molar-refractivity contribution in [1.29, 1.82) is 0 Å². The molecule has 2 rings (SSSR count). The Bertz CT molecular complexity index is 377.